The molecule has 0 aliphatic heterocycles. The molecule has 0 saturated carbocycles. The van der Waals surface area contributed by atoms with Gasteiger partial charge in [-0.15, -0.1) is 0 Å². The van der Waals surface area contributed by atoms with Crippen molar-refractivity contribution in [3.63, 3.8) is 0 Å². The Balaban J connectivity index is 3.79. The minimum absolute atomic E-state index is 0.188. The van der Waals surface area contributed by atoms with E-state index in [9.17, 15) is 0 Å². The molecule has 4 nitrogen and oxygen atoms in total. The summed E-state index contributed by atoms with van der Waals surface area (Å²) in [6.45, 7) is -6.58. The van der Waals surface area contributed by atoms with Gasteiger partial charge in [-0.3, -0.25) is 0 Å². The molecule has 4 N–H and O–H groups in total. The Morgan fingerprint density at radius 3 is 1.10 bits per heavy atom. The summed E-state index contributed by atoms with van der Waals surface area (Å²) in [6.07, 6.45) is -0.376. The monoisotopic (exact) mass is 222 g/mol. The zero-order valence-corrected chi connectivity index (χ0v) is 8.34. The van der Waals surface area contributed by atoms with Crippen molar-refractivity contribution in [3.05, 3.63) is 0 Å². The summed E-state index contributed by atoms with van der Waals surface area (Å²) in [5.41, 5.74) is 0. The first-order chi connectivity index (χ1) is 4.21. The van der Waals surface area contributed by atoms with E-state index in [0.29, 0.717) is 0 Å². The Hall–Kier alpha value is 1.14. The molecule has 0 heterocycles. The van der Waals surface area contributed by atoms with Crippen LogP contribution in [0.2, 0.25) is 0 Å². The van der Waals surface area contributed by atoms with Crippen LogP contribution < -0.4 is 0 Å². The highest BCUT2D eigenvalue weighted by atomic mass is 32.5. The Morgan fingerprint density at radius 2 is 1.00 bits per heavy atom. The fourth-order valence-electron chi connectivity index (χ4n) is 0.261. The first kappa shape index (κ1) is 11.1. The fourth-order valence-corrected chi connectivity index (χ4v) is 3.81. The first-order valence-corrected chi connectivity index (χ1v) is 8.08. The molecule has 0 atom stereocenters. The molecule has 0 aromatic carbocycles. The molecule has 0 bridgehead atoms. The summed E-state index contributed by atoms with van der Waals surface area (Å²) in [4.78, 5) is 34.4. The zero-order chi connectivity index (χ0) is 8.41. The topological polar surface area (TPSA) is 80.9 Å². The second kappa shape index (κ2) is 3.70. The van der Waals surface area contributed by atoms with Crippen LogP contribution in [0.5, 0.6) is 0 Å². The molecule has 0 aliphatic carbocycles. The van der Waals surface area contributed by atoms with E-state index in [1.165, 1.54) is 0 Å². The van der Waals surface area contributed by atoms with Crippen molar-refractivity contribution in [2.45, 2.75) is 0 Å². The Kier molecular flexibility index (Phi) is 4.12. The summed E-state index contributed by atoms with van der Waals surface area (Å²) in [5, 5.41) is 0. The number of hydrogen-bond donors (Lipinski definition) is 4. The lowest BCUT2D eigenvalue weighted by molar-refractivity contribution is 0.467. The van der Waals surface area contributed by atoms with Crippen LogP contribution in [0.15, 0.2) is 0 Å². The van der Waals surface area contributed by atoms with Gasteiger partial charge < -0.3 is 19.6 Å². The highest BCUT2D eigenvalue weighted by Gasteiger charge is 2.14. The van der Waals surface area contributed by atoms with Gasteiger partial charge in [0.25, 0.3) is 0 Å². The molecule has 10 heavy (non-hydrogen) atoms. The highest BCUT2D eigenvalue weighted by molar-refractivity contribution is 8.11. The summed E-state index contributed by atoms with van der Waals surface area (Å²) >= 11 is 8.45. The molecule has 0 rings (SSSR count). The van der Waals surface area contributed by atoms with Gasteiger partial charge in [0, 0.05) is 12.3 Å². The van der Waals surface area contributed by atoms with E-state index in [-0.39, 0.29) is 12.3 Å². The van der Waals surface area contributed by atoms with E-state index in [1.807, 2.05) is 0 Å². The molecular formula is C2H8O4P2S2. The lowest BCUT2D eigenvalue weighted by atomic mass is 11.0. The Morgan fingerprint density at radius 1 is 0.800 bits per heavy atom. The third-order valence-electron chi connectivity index (χ3n) is 0.683. The van der Waals surface area contributed by atoms with E-state index in [4.69, 9.17) is 19.6 Å². The largest absolute Gasteiger partial charge is 0.345 e. The van der Waals surface area contributed by atoms with Gasteiger partial charge in [-0.2, -0.15) is 0 Å². The van der Waals surface area contributed by atoms with Crippen LogP contribution in [-0.4, -0.2) is 31.9 Å². The van der Waals surface area contributed by atoms with Crippen molar-refractivity contribution in [1.29, 1.82) is 0 Å². The second-order valence-electron chi connectivity index (χ2n) is 1.78. The van der Waals surface area contributed by atoms with Gasteiger partial charge in [-0.05, 0) is 23.6 Å². The lowest BCUT2D eigenvalue weighted by Crippen LogP contribution is -1.95. The fraction of sp³-hybridized carbons (Fsp3) is 1.00. The minimum Gasteiger partial charge on any atom is -0.345 e. The van der Waals surface area contributed by atoms with Gasteiger partial charge in [0.2, 0.25) is 0 Å². The first-order valence-electron chi connectivity index (χ1n) is 2.30. The molecule has 0 aromatic rings. The van der Waals surface area contributed by atoms with E-state index in [1.54, 1.807) is 0 Å². The predicted octanol–water partition coefficient (Wildman–Crippen LogP) is -0.425. The maximum Gasteiger partial charge on any atom is 0.184 e. The molecule has 0 aromatic heterocycles. The Bertz CT molecular complexity index is 169. The maximum atomic E-state index is 8.61. The standard InChI is InChI=1S/C2H8O4P2S2/c3-7(4,9)1-2-8(5,6)10/h1-2H2,(H2,3,4,9)(H2,5,6,10). The lowest BCUT2D eigenvalue weighted by Gasteiger charge is -2.09. The van der Waals surface area contributed by atoms with Gasteiger partial charge in [0.05, 0.1) is 0 Å². The van der Waals surface area contributed by atoms with Crippen molar-refractivity contribution in [3.8, 4) is 0 Å². The number of hydrogen-bond acceptors (Lipinski definition) is 2. The molecule has 0 fully saturated rings. The third-order valence-corrected chi connectivity index (χ3v) is 3.74. The predicted molar refractivity (Wildman–Crippen MR) is 47.2 cm³/mol. The van der Waals surface area contributed by atoms with Gasteiger partial charge in [0.15, 0.2) is 13.0 Å². The average Bonchev–Trinajstić information content (AvgIpc) is 1.57. The second-order valence-corrected chi connectivity index (χ2v) is 8.84. The van der Waals surface area contributed by atoms with Crippen LogP contribution >= 0.6 is 13.0 Å². The molecular weight excluding hydrogens is 214 g/mol. The van der Waals surface area contributed by atoms with Gasteiger partial charge in [0.1, 0.15) is 0 Å². The summed E-state index contributed by atoms with van der Waals surface area (Å²) in [6, 6.07) is 0. The quantitative estimate of drug-likeness (QED) is 0.485. The summed E-state index contributed by atoms with van der Waals surface area (Å²) in [5.74, 6) is 0. The van der Waals surface area contributed by atoms with Crippen molar-refractivity contribution >= 4 is 36.6 Å². The minimum atomic E-state index is -3.29. The molecule has 0 aliphatic rings. The smallest absolute Gasteiger partial charge is 0.184 e. The summed E-state index contributed by atoms with van der Waals surface area (Å²) in [7, 11) is 0. The highest BCUT2D eigenvalue weighted by Crippen LogP contribution is 2.43. The SMILES string of the molecule is OP(O)(=S)CCP(O)(O)=S. The van der Waals surface area contributed by atoms with Gasteiger partial charge >= 0.3 is 0 Å². The summed E-state index contributed by atoms with van der Waals surface area (Å²) < 4.78 is 0. The Labute approximate surface area is 68.9 Å². The molecule has 8 heteroatoms. The van der Waals surface area contributed by atoms with Crippen molar-refractivity contribution in [2.24, 2.45) is 0 Å². The van der Waals surface area contributed by atoms with Crippen LogP contribution in [0.1, 0.15) is 0 Å². The molecule has 0 saturated heterocycles. The molecule has 0 radical (unpaired) electrons. The molecule has 0 spiro atoms. The van der Waals surface area contributed by atoms with E-state index in [2.05, 4.69) is 23.6 Å². The number of rotatable bonds is 3. The van der Waals surface area contributed by atoms with Crippen LogP contribution in [0.4, 0.5) is 0 Å². The van der Waals surface area contributed by atoms with E-state index < -0.39 is 13.0 Å². The maximum absolute atomic E-state index is 8.61. The van der Waals surface area contributed by atoms with Crippen molar-refractivity contribution in [1.82, 2.24) is 0 Å². The van der Waals surface area contributed by atoms with Crippen LogP contribution in [0, 0.1) is 0 Å². The molecule has 62 valence electrons. The van der Waals surface area contributed by atoms with E-state index >= 15 is 0 Å². The molecule has 0 unspecified atom stereocenters. The van der Waals surface area contributed by atoms with E-state index in [0.717, 1.165) is 0 Å². The van der Waals surface area contributed by atoms with Crippen LogP contribution in [0.3, 0.4) is 0 Å². The van der Waals surface area contributed by atoms with Crippen LogP contribution in [0.25, 0.3) is 0 Å². The zero-order valence-electron chi connectivity index (χ0n) is 4.91. The van der Waals surface area contributed by atoms with Gasteiger partial charge in [-0.25, -0.2) is 0 Å². The van der Waals surface area contributed by atoms with Crippen LogP contribution in [-0.2, 0) is 23.6 Å². The van der Waals surface area contributed by atoms with Crippen molar-refractivity contribution in [2.75, 3.05) is 12.3 Å². The molecule has 0 amide bonds. The third kappa shape index (κ3) is 9.14. The normalized spacial score (nSPS) is 13.6. The average molecular weight is 222 g/mol. The van der Waals surface area contributed by atoms with Gasteiger partial charge in [-0.1, -0.05) is 0 Å². The van der Waals surface area contributed by atoms with Crippen molar-refractivity contribution < 1.29 is 19.6 Å².